The maximum Gasteiger partial charge on any atom is 0.141 e. The summed E-state index contributed by atoms with van der Waals surface area (Å²) in [6.45, 7) is 3.05. The Morgan fingerprint density at radius 3 is 1.39 bits per heavy atom. The van der Waals surface area contributed by atoms with Gasteiger partial charge in [-0.2, -0.15) is 0 Å². The van der Waals surface area contributed by atoms with Crippen molar-refractivity contribution in [3.05, 3.63) is 188 Å². The van der Waals surface area contributed by atoms with Crippen molar-refractivity contribution in [3.8, 4) is 33.6 Å². The SMILES string of the molecule is CCn1c(-c2ccccc2)nc2cc(-c3c4ccccc4c(-c4cc5ccc6cccc7c8cccc9ccc%10cccc(c(c4)c5c67)c%10c98)c4ccccc34)ccc21. The molecule has 2 nitrogen and oxygen atoms in total. The van der Waals surface area contributed by atoms with Gasteiger partial charge in [0.05, 0.1) is 11.0 Å². The first-order valence-corrected chi connectivity index (χ1v) is 20.7. The fourth-order valence-corrected chi connectivity index (χ4v) is 10.6. The molecular formula is C57H36N2. The van der Waals surface area contributed by atoms with E-state index in [1.807, 2.05) is 0 Å². The number of nitrogens with zero attached hydrogens (tertiary/aromatic N) is 2. The number of aryl methyl sites for hydroxylation is 1. The van der Waals surface area contributed by atoms with Crippen LogP contribution in [0.1, 0.15) is 6.92 Å². The second-order valence-electron chi connectivity index (χ2n) is 16.1. The van der Waals surface area contributed by atoms with Gasteiger partial charge in [0, 0.05) is 12.1 Å². The largest absolute Gasteiger partial charge is 0.324 e. The molecule has 0 aliphatic carbocycles. The van der Waals surface area contributed by atoms with Crippen LogP contribution in [0.4, 0.5) is 0 Å². The van der Waals surface area contributed by atoms with E-state index < -0.39 is 0 Å². The van der Waals surface area contributed by atoms with E-state index in [9.17, 15) is 0 Å². The van der Waals surface area contributed by atoms with Crippen molar-refractivity contribution in [2.24, 2.45) is 0 Å². The Hall–Kier alpha value is -7.55. The Morgan fingerprint density at radius 1 is 0.356 bits per heavy atom. The van der Waals surface area contributed by atoms with Gasteiger partial charge in [0.25, 0.3) is 0 Å². The highest BCUT2D eigenvalue weighted by atomic mass is 15.1. The number of imidazole rings is 1. The van der Waals surface area contributed by atoms with Crippen molar-refractivity contribution in [2.45, 2.75) is 13.5 Å². The topological polar surface area (TPSA) is 17.8 Å². The van der Waals surface area contributed by atoms with Gasteiger partial charge in [0.1, 0.15) is 5.82 Å². The fourth-order valence-electron chi connectivity index (χ4n) is 10.6. The van der Waals surface area contributed by atoms with Crippen LogP contribution in [0.2, 0.25) is 0 Å². The standard InChI is InChI=1S/C57H36N2/c1-2-59-50-30-29-39(33-49(50)58-57(59)37-13-4-3-5-14-37)51-41-18-6-8-20-43(41)52(44-21-9-7-19-42(44)51)40-31-38-28-27-36-16-11-23-46-45-22-10-15-34-25-26-35-17-12-24-47(55(35)53(34)45)48(32-40)56(38)54(36)46/h3-33H,2H2,1H3. The zero-order valence-electron chi connectivity index (χ0n) is 32.5. The third-order valence-electron chi connectivity index (χ3n) is 13.0. The molecule has 1 aromatic heterocycles. The average Bonchev–Trinajstić information content (AvgIpc) is 3.67. The lowest BCUT2D eigenvalue weighted by Crippen LogP contribution is -1.97. The third-order valence-corrected chi connectivity index (χ3v) is 13.0. The molecule has 0 saturated heterocycles. The minimum absolute atomic E-state index is 0.849. The molecular weight excluding hydrogens is 713 g/mol. The second kappa shape index (κ2) is 12.2. The summed E-state index contributed by atoms with van der Waals surface area (Å²) in [4.78, 5) is 5.26. The van der Waals surface area contributed by atoms with Crippen LogP contribution in [0.5, 0.6) is 0 Å². The lowest BCUT2D eigenvalue weighted by molar-refractivity contribution is 0.796. The number of benzene rings is 11. The Bertz CT molecular complexity index is 3810. The smallest absolute Gasteiger partial charge is 0.141 e. The normalized spacial score (nSPS) is 12.2. The summed E-state index contributed by atoms with van der Waals surface area (Å²) in [5.74, 6) is 1.01. The van der Waals surface area contributed by atoms with Crippen LogP contribution >= 0.6 is 0 Å². The van der Waals surface area contributed by atoms with E-state index in [2.05, 4.69) is 200 Å². The molecule has 12 aromatic carbocycles. The zero-order chi connectivity index (χ0) is 38.8. The Balaban J connectivity index is 1.15. The van der Waals surface area contributed by atoms with Gasteiger partial charge in [-0.05, 0) is 140 Å². The Morgan fingerprint density at radius 2 is 0.831 bits per heavy atom. The molecule has 0 N–H and O–H groups in total. The molecule has 13 rings (SSSR count). The summed E-state index contributed by atoms with van der Waals surface area (Å²) in [5, 5.41) is 20.5. The van der Waals surface area contributed by atoms with Gasteiger partial charge in [0.15, 0.2) is 0 Å². The number of rotatable bonds is 4. The van der Waals surface area contributed by atoms with Gasteiger partial charge in [-0.3, -0.25) is 0 Å². The average molecular weight is 749 g/mol. The van der Waals surface area contributed by atoms with Crippen molar-refractivity contribution in [2.75, 3.05) is 0 Å². The van der Waals surface area contributed by atoms with Crippen molar-refractivity contribution < 1.29 is 0 Å². The van der Waals surface area contributed by atoms with Gasteiger partial charge in [-0.25, -0.2) is 4.98 Å². The van der Waals surface area contributed by atoms with Crippen LogP contribution in [-0.4, -0.2) is 9.55 Å². The van der Waals surface area contributed by atoms with Crippen LogP contribution in [0.25, 0.3) is 131 Å². The minimum Gasteiger partial charge on any atom is -0.324 e. The van der Waals surface area contributed by atoms with Crippen molar-refractivity contribution >= 4 is 97.2 Å². The molecule has 0 spiro atoms. The van der Waals surface area contributed by atoms with E-state index in [0.29, 0.717) is 0 Å². The first-order valence-electron chi connectivity index (χ1n) is 20.7. The first-order chi connectivity index (χ1) is 29.2. The molecule has 274 valence electrons. The van der Waals surface area contributed by atoms with Gasteiger partial charge in [0.2, 0.25) is 0 Å². The molecule has 0 saturated carbocycles. The summed E-state index contributed by atoms with van der Waals surface area (Å²) >= 11 is 0. The van der Waals surface area contributed by atoms with E-state index >= 15 is 0 Å². The highest BCUT2D eigenvalue weighted by Gasteiger charge is 2.21. The fraction of sp³-hybridized carbons (Fsp3) is 0.0351. The number of hydrogen-bond acceptors (Lipinski definition) is 1. The second-order valence-corrected chi connectivity index (χ2v) is 16.1. The van der Waals surface area contributed by atoms with Crippen LogP contribution in [0.3, 0.4) is 0 Å². The van der Waals surface area contributed by atoms with Gasteiger partial charge >= 0.3 is 0 Å². The summed E-state index contributed by atoms with van der Waals surface area (Å²) in [7, 11) is 0. The Labute approximate surface area is 340 Å². The molecule has 0 bridgehead atoms. The highest BCUT2D eigenvalue weighted by molar-refractivity contribution is 6.37. The number of hydrogen-bond donors (Lipinski definition) is 0. The lowest BCUT2D eigenvalue weighted by atomic mass is 9.83. The van der Waals surface area contributed by atoms with Crippen LogP contribution in [0.15, 0.2) is 188 Å². The molecule has 2 heteroatoms. The van der Waals surface area contributed by atoms with Crippen molar-refractivity contribution in [1.29, 1.82) is 0 Å². The maximum atomic E-state index is 5.26. The molecule has 0 radical (unpaired) electrons. The molecule has 59 heavy (non-hydrogen) atoms. The van der Waals surface area contributed by atoms with E-state index in [-0.39, 0.29) is 0 Å². The molecule has 0 aliphatic rings. The molecule has 0 atom stereocenters. The lowest BCUT2D eigenvalue weighted by Gasteiger charge is -2.20. The van der Waals surface area contributed by atoms with E-state index in [1.54, 1.807) is 0 Å². The highest BCUT2D eigenvalue weighted by Crippen LogP contribution is 2.48. The van der Waals surface area contributed by atoms with Crippen LogP contribution in [0, 0.1) is 0 Å². The van der Waals surface area contributed by atoms with Gasteiger partial charge in [-0.15, -0.1) is 0 Å². The first kappa shape index (κ1) is 32.5. The van der Waals surface area contributed by atoms with Crippen molar-refractivity contribution in [3.63, 3.8) is 0 Å². The number of aromatic nitrogens is 2. The van der Waals surface area contributed by atoms with Crippen LogP contribution in [-0.2, 0) is 6.54 Å². The monoisotopic (exact) mass is 748 g/mol. The summed E-state index contributed by atoms with van der Waals surface area (Å²) in [6, 6.07) is 70.1. The van der Waals surface area contributed by atoms with Gasteiger partial charge in [-0.1, -0.05) is 164 Å². The van der Waals surface area contributed by atoms with Crippen LogP contribution < -0.4 is 0 Å². The van der Waals surface area contributed by atoms with E-state index in [0.717, 1.165) is 29.0 Å². The zero-order valence-corrected chi connectivity index (χ0v) is 32.5. The maximum absolute atomic E-state index is 5.26. The minimum atomic E-state index is 0.849. The summed E-state index contributed by atoms with van der Waals surface area (Å²) in [6.07, 6.45) is 0. The predicted molar refractivity (Wildman–Crippen MR) is 253 cm³/mol. The van der Waals surface area contributed by atoms with Crippen molar-refractivity contribution in [1.82, 2.24) is 9.55 Å². The number of fused-ring (bicyclic) bond motifs is 5. The third kappa shape index (κ3) is 4.54. The molecule has 0 amide bonds. The molecule has 0 aliphatic heterocycles. The summed E-state index contributed by atoms with van der Waals surface area (Å²) < 4.78 is 2.33. The molecule has 1 heterocycles. The van der Waals surface area contributed by atoms with Gasteiger partial charge < -0.3 is 4.57 Å². The molecule has 0 unspecified atom stereocenters. The predicted octanol–water partition coefficient (Wildman–Crippen LogP) is 15.7. The Kier molecular flexibility index (Phi) is 6.74. The summed E-state index contributed by atoms with van der Waals surface area (Å²) in [5.41, 5.74) is 8.21. The quantitative estimate of drug-likeness (QED) is 0.129. The van der Waals surface area contributed by atoms with E-state index in [4.69, 9.17) is 4.98 Å². The molecule has 13 aromatic rings. The van der Waals surface area contributed by atoms with E-state index in [1.165, 1.54) is 108 Å². The molecule has 0 fully saturated rings.